The smallest absolute Gasteiger partial charge is 0.330 e. The number of hydrogen-bond acceptors (Lipinski definition) is 4. The lowest BCUT2D eigenvalue weighted by Crippen LogP contribution is -2.08. The van der Waals surface area contributed by atoms with Crippen LogP contribution < -0.4 is 4.74 Å². The second-order valence-corrected chi connectivity index (χ2v) is 5.44. The number of aliphatic hydroxyl groups is 1. The fourth-order valence-electron chi connectivity index (χ4n) is 2.12. The molecular formula is C19H28O4. The number of unbranched alkanes of at least 4 members (excludes halogenated alkanes) is 1. The molecule has 0 aliphatic rings. The molecule has 4 nitrogen and oxygen atoms in total. The summed E-state index contributed by atoms with van der Waals surface area (Å²) in [6.45, 7) is 4.88. The Morgan fingerprint density at radius 2 is 1.87 bits per heavy atom. The summed E-state index contributed by atoms with van der Waals surface area (Å²) in [5.41, 5.74) is 0.917. The van der Waals surface area contributed by atoms with E-state index in [9.17, 15) is 9.90 Å². The quantitative estimate of drug-likeness (QED) is 0.381. The first kappa shape index (κ1) is 19.2. The first-order valence-corrected chi connectivity index (χ1v) is 8.41. The molecule has 1 atom stereocenters. The minimum Gasteiger partial charge on any atom is -0.494 e. The molecule has 0 saturated carbocycles. The van der Waals surface area contributed by atoms with E-state index in [0.29, 0.717) is 13.2 Å². The topological polar surface area (TPSA) is 55.8 Å². The maximum Gasteiger partial charge on any atom is 0.330 e. The van der Waals surface area contributed by atoms with Gasteiger partial charge in [-0.3, -0.25) is 0 Å². The van der Waals surface area contributed by atoms with Crippen LogP contribution in [0.15, 0.2) is 30.3 Å². The van der Waals surface area contributed by atoms with E-state index in [-0.39, 0.29) is 12.1 Å². The van der Waals surface area contributed by atoms with Crippen LogP contribution in [-0.4, -0.2) is 30.4 Å². The number of benzene rings is 1. The van der Waals surface area contributed by atoms with Gasteiger partial charge in [0.1, 0.15) is 5.75 Å². The van der Waals surface area contributed by atoms with Gasteiger partial charge in [0.25, 0.3) is 0 Å². The molecule has 23 heavy (non-hydrogen) atoms. The average molecular weight is 320 g/mol. The maximum atomic E-state index is 11.2. The second-order valence-electron chi connectivity index (χ2n) is 5.44. The Morgan fingerprint density at radius 3 is 2.52 bits per heavy atom. The van der Waals surface area contributed by atoms with Crippen LogP contribution in [0, 0.1) is 0 Å². The van der Waals surface area contributed by atoms with Gasteiger partial charge in [0.05, 0.1) is 19.3 Å². The molecular weight excluding hydrogens is 292 g/mol. The zero-order valence-corrected chi connectivity index (χ0v) is 14.2. The molecule has 0 heterocycles. The van der Waals surface area contributed by atoms with Gasteiger partial charge in [0, 0.05) is 6.08 Å². The third kappa shape index (κ3) is 9.04. The SMILES string of the molecule is CCCCC(O)CCCOc1ccc(C=CC(=O)OCC)cc1. The minimum atomic E-state index is -0.338. The summed E-state index contributed by atoms with van der Waals surface area (Å²) in [6, 6.07) is 7.53. The van der Waals surface area contributed by atoms with Crippen molar-refractivity contribution in [1.82, 2.24) is 0 Å². The van der Waals surface area contributed by atoms with Gasteiger partial charge < -0.3 is 14.6 Å². The Hall–Kier alpha value is -1.81. The number of hydrogen-bond donors (Lipinski definition) is 1. The van der Waals surface area contributed by atoms with Crippen LogP contribution in [0.4, 0.5) is 0 Å². The van der Waals surface area contributed by atoms with E-state index in [0.717, 1.165) is 43.4 Å². The maximum absolute atomic E-state index is 11.2. The van der Waals surface area contributed by atoms with Crippen molar-refractivity contribution in [1.29, 1.82) is 0 Å². The zero-order chi connectivity index (χ0) is 16.9. The van der Waals surface area contributed by atoms with E-state index >= 15 is 0 Å². The fraction of sp³-hybridized carbons (Fsp3) is 0.526. The Bertz CT molecular complexity index is 465. The summed E-state index contributed by atoms with van der Waals surface area (Å²) in [5.74, 6) is 0.454. The van der Waals surface area contributed by atoms with Crippen molar-refractivity contribution in [3.8, 4) is 5.75 Å². The van der Waals surface area contributed by atoms with Gasteiger partial charge in [-0.25, -0.2) is 4.79 Å². The van der Waals surface area contributed by atoms with Crippen molar-refractivity contribution in [2.45, 2.75) is 52.1 Å². The Kier molecular flexibility index (Phi) is 9.80. The second kappa shape index (κ2) is 11.7. The normalized spacial score (nSPS) is 12.3. The predicted molar refractivity (Wildman–Crippen MR) is 92.4 cm³/mol. The molecule has 0 fully saturated rings. The van der Waals surface area contributed by atoms with E-state index in [1.165, 1.54) is 6.08 Å². The van der Waals surface area contributed by atoms with E-state index in [1.807, 2.05) is 24.3 Å². The third-order valence-corrected chi connectivity index (χ3v) is 3.42. The largest absolute Gasteiger partial charge is 0.494 e. The molecule has 0 aliphatic carbocycles. The Morgan fingerprint density at radius 1 is 1.17 bits per heavy atom. The lowest BCUT2D eigenvalue weighted by molar-refractivity contribution is -0.137. The highest BCUT2D eigenvalue weighted by molar-refractivity contribution is 5.87. The molecule has 1 unspecified atom stereocenters. The highest BCUT2D eigenvalue weighted by Crippen LogP contribution is 2.14. The van der Waals surface area contributed by atoms with Crippen molar-refractivity contribution in [3.05, 3.63) is 35.9 Å². The summed E-state index contributed by atoms with van der Waals surface area (Å²) in [7, 11) is 0. The van der Waals surface area contributed by atoms with Gasteiger partial charge in [0.15, 0.2) is 0 Å². The standard InChI is InChI=1S/C19H28O4/c1-3-5-7-17(20)8-6-15-23-18-12-9-16(10-13-18)11-14-19(21)22-4-2/h9-14,17,20H,3-8,15H2,1-2H3. The molecule has 1 aromatic carbocycles. The first-order valence-electron chi connectivity index (χ1n) is 8.41. The molecule has 0 saturated heterocycles. The molecule has 0 aromatic heterocycles. The first-order chi connectivity index (χ1) is 11.2. The highest BCUT2D eigenvalue weighted by atomic mass is 16.5. The number of esters is 1. The van der Waals surface area contributed by atoms with Crippen molar-refractivity contribution in [2.75, 3.05) is 13.2 Å². The molecule has 4 heteroatoms. The van der Waals surface area contributed by atoms with Crippen LogP contribution >= 0.6 is 0 Å². The lowest BCUT2D eigenvalue weighted by Gasteiger charge is -2.10. The number of carbonyl (C=O) groups is 1. The molecule has 1 aromatic rings. The van der Waals surface area contributed by atoms with Crippen LogP contribution in [0.5, 0.6) is 5.75 Å². The van der Waals surface area contributed by atoms with Gasteiger partial charge in [-0.1, -0.05) is 31.9 Å². The molecule has 1 rings (SSSR count). The number of rotatable bonds is 11. The number of aliphatic hydroxyl groups excluding tert-OH is 1. The van der Waals surface area contributed by atoms with Gasteiger partial charge >= 0.3 is 5.97 Å². The zero-order valence-electron chi connectivity index (χ0n) is 14.2. The minimum absolute atomic E-state index is 0.214. The summed E-state index contributed by atoms with van der Waals surface area (Å²) in [5, 5.41) is 9.76. The Balaban J connectivity index is 2.27. The van der Waals surface area contributed by atoms with E-state index < -0.39 is 0 Å². The van der Waals surface area contributed by atoms with Gasteiger partial charge in [-0.15, -0.1) is 0 Å². The summed E-state index contributed by atoms with van der Waals surface area (Å²) >= 11 is 0. The van der Waals surface area contributed by atoms with Gasteiger partial charge in [-0.05, 0) is 50.0 Å². The monoisotopic (exact) mass is 320 g/mol. The summed E-state index contributed by atoms with van der Waals surface area (Å²) in [4.78, 5) is 11.2. The molecule has 128 valence electrons. The fourth-order valence-corrected chi connectivity index (χ4v) is 2.12. The summed E-state index contributed by atoms with van der Waals surface area (Å²) < 4.78 is 10.5. The van der Waals surface area contributed by atoms with Gasteiger partial charge in [-0.2, -0.15) is 0 Å². The van der Waals surface area contributed by atoms with Gasteiger partial charge in [0.2, 0.25) is 0 Å². The van der Waals surface area contributed by atoms with Crippen LogP contribution in [0.25, 0.3) is 6.08 Å². The molecule has 0 aliphatic heterocycles. The third-order valence-electron chi connectivity index (χ3n) is 3.42. The molecule has 0 radical (unpaired) electrons. The average Bonchev–Trinajstić information content (AvgIpc) is 2.56. The molecule has 0 spiro atoms. The van der Waals surface area contributed by atoms with E-state index in [1.54, 1.807) is 13.0 Å². The van der Waals surface area contributed by atoms with E-state index in [4.69, 9.17) is 9.47 Å². The summed E-state index contributed by atoms with van der Waals surface area (Å²) in [6.07, 6.45) is 7.60. The van der Waals surface area contributed by atoms with Crippen molar-refractivity contribution in [2.24, 2.45) is 0 Å². The van der Waals surface area contributed by atoms with Crippen molar-refractivity contribution >= 4 is 12.0 Å². The number of ether oxygens (including phenoxy) is 2. The Labute approximate surface area is 139 Å². The molecule has 0 amide bonds. The van der Waals surface area contributed by atoms with Crippen molar-refractivity contribution < 1.29 is 19.4 Å². The predicted octanol–water partition coefficient (Wildman–Crippen LogP) is 3.97. The van der Waals surface area contributed by atoms with Crippen LogP contribution in [-0.2, 0) is 9.53 Å². The van der Waals surface area contributed by atoms with Crippen LogP contribution in [0.3, 0.4) is 0 Å². The van der Waals surface area contributed by atoms with Crippen LogP contribution in [0.1, 0.15) is 51.5 Å². The molecule has 0 bridgehead atoms. The van der Waals surface area contributed by atoms with E-state index in [2.05, 4.69) is 6.92 Å². The van der Waals surface area contributed by atoms with Crippen molar-refractivity contribution in [3.63, 3.8) is 0 Å². The lowest BCUT2D eigenvalue weighted by atomic mass is 10.1. The van der Waals surface area contributed by atoms with Crippen LogP contribution in [0.2, 0.25) is 0 Å². The molecule has 1 N–H and O–H groups in total. The number of carbonyl (C=O) groups excluding carboxylic acids is 1. The highest BCUT2D eigenvalue weighted by Gasteiger charge is 2.03.